The molecule has 0 saturated heterocycles. The van der Waals surface area contributed by atoms with Gasteiger partial charge in [-0.1, -0.05) is 23.7 Å². The van der Waals surface area contributed by atoms with E-state index in [1.807, 2.05) is 18.2 Å². The third-order valence-electron chi connectivity index (χ3n) is 3.40. The monoisotopic (exact) mass is 274 g/mol. The van der Waals surface area contributed by atoms with Crippen LogP contribution in [0, 0.1) is 0 Å². The fourth-order valence-corrected chi connectivity index (χ4v) is 2.59. The molecule has 0 saturated carbocycles. The molecule has 0 spiro atoms. The summed E-state index contributed by atoms with van der Waals surface area (Å²) in [4.78, 5) is 0. The molecule has 2 aromatic carbocycles. The van der Waals surface area contributed by atoms with Crippen LogP contribution in [0.5, 0.6) is 11.5 Å². The third-order valence-corrected chi connectivity index (χ3v) is 3.73. The molecule has 0 amide bonds. The number of ether oxygens (including phenoxy) is 2. The van der Waals surface area contributed by atoms with Crippen LogP contribution in [0.25, 0.3) is 11.1 Å². The van der Waals surface area contributed by atoms with Crippen molar-refractivity contribution in [1.29, 1.82) is 0 Å². The van der Waals surface area contributed by atoms with Crippen LogP contribution in [-0.4, -0.2) is 13.7 Å². The first-order valence-electron chi connectivity index (χ1n) is 6.37. The van der Waals surface area contributed by atoms with Gasteiger partial charge in [0.2, 0.25) is 0 Å². The van der Waals surface area contributed by atoms with Crippen molar-refractivity contribution in [2.45, 2.75) is 12.8 Å². The molecule has 0 bridgehead atoms. The summed E-state index contributed by atoms with van der Waals surface area (Å²) in [5.41, 5.74) is 3.30. The number of fused-ring (bicyclic) bond motifs is 1. The first-order chi connectivity index (χ1) is 9.28. The minimum atomic E-state index is 0.719. The molecule has 2 aromatic rings. The van der Waals surface area contributed by atoms with Crippen molar-refractivity contribution in [3.63, 3.8) is 0 Å². The van der Waals surface area contributed by atoms with Crippen LogP contribution in [0.15, 0.2) is 36.4 Å². The highest BCUT2D eigenvalue weighted by Gasteiger charge is 2.13. The Bertz CT molecular complexity index is 608. The van der Waals surface area contributed by atoms with Gasteiger partial charge in [0.1, 0.15) is 11.5 Å². The molecule has 0 atom stereocenters. The normalized spacial score (nSPS) is 13.6. The SMILES string of the molecule is COc1ccc(Cl)c(-c2ccc3c(c2)OCCC3)c1. The Labute approximate surface area is 117 Å². The van der Waals surface area contributed by atoms with Gasteiger partial charge in [-0.25, -0.2) is 0 Å². The maximum atomic E-state index is 6.27. The van der Waals surface area contributed by atoms with E-state index in [2.05, 4.69) is 18.2 Å². The van der Waals surface area contributed by atoms with Crippen LogP contribution in [0.4, 0.5) is 0 Å². The first-order valence-corrected chi connectivity index (χ1v) is 6.75. The molecular weight excluding hydrogens is 260 g/mol. The lowest BCUT2D eigenvalue weighted by Crippen LogP contribution is -2.08. The molecule has 2 nitrogen and oxygen atoms in total. The third kappa shape index (κ3) is 2.41. The van der Waals surface area contributed by atoms with Gasteiger partial charge in [-0.15, -0.1) is 0 Å². The van der Waals surface area contributed by atoms with E-state index in [1.54, 1.807) is 7.11 Å². The Kier molecular flexibility index (Phi) is 3.34. The van der Waals surface area contributed by atoms with Crippen molar-refractivity contribution in [2.75, 3.05) is 13.7 Å². The Morgan fingerprint density at radius 2 is 2.05 bits per heavy atom. The Balaban J connectivity index is 2.06. The zero-order valence-electron chi connectivity index (χ0n) is 10.8. The highest BCUT2D eigenvalue weighted by Crippen LogP contribution is 2.35. The highest BCUT2D eigenvalue weighted by atomic mass is 35.5. The van der Waals surface area contributed by atoms with Gasteiger partial charge in [0.05, 0.1) is 13.7 Å². The summed E-state index contributed by atoms with van der Waals surface area (Å²) >= 11 is 6.27. The average Bonchev–Trinajstić information content (AvgIpc) is 2.47. The van der Waals surface area contributed by atoms with Crippen LogP contribution < -0.4 is 9.47 Å². The standard InChI is InChI=1S/C16H15ClO2/c1-18-13-6-7-15(17)14(10-13)12-5-4-11-3-2-8-19-16(11)9-12/h4-7,9-10H,2-3,8H2,1H3. The molecule has 19 heavy (non-hydrogen) atoms. The van der Waals surface area contributed by atoms with E-state index in [4.69, 9.17) is 21.1 Å². The minimum absolute atomic E-state index is 0.719. The lowest BCUT2D eigenvalue weighted by Gasteiger charge is -2.18. The van der Waals surface area contributed by atoms with Gasteiger partial charge in [0.15, 0.2) is 0 Å². The van der Waals surface area contributed by atoms with Gasteiger partial charge in [-0.05, 0) is 48.2 Å². The summed E-state index contributed by atoms with van der Waals surface area (Å²) in [5.74, 6) is 1.78. The summed E-state index contributed by atoms with van der Waals surface area (Å²) in [5, 5.41) is 0.719. The van der Waals surface area contributed by atoms with Crippen LogP contribution in [0.3, 0.4) is 0 Å². The zero-order valence-corrected chi connectivity index (χ0v) is 11.5. The molecule has 0 N–H and O–H groups in total. The molecule has 0 unspecified atom stereocenters. The van der Waals surface area contributed by atoms with Crippen molar-refractivity contribution in [1.82, 2.24) is 0 Å². The summed E-state index contributed by atoms with van der Waals surface area (Å²) < 4.78 is 11.0. The van der Waals surface area contributed by atoms with E-state index < -0.39 is 0 Å². The molecule has 3 heteroatoms. The molecular formula is C16H15ClO2. The van der Waals surface area contributed by atoms with Crippen molar-refractivity contribution in [3.05, 3.63) is 47.0 Å². The van der Waals surface area contributed by atoms with Crippen LogP contribution in [-0.2, 0) is 6.42 Å². The number of hydrogen-bond donors (Lipinski definition) is 0. The van der Waals surface area contributed by atoms with E-state index in [1.165, 1.54) is 5.56 Å². The fraction of sp³-hybridized carbons (Fsp3) is 0.250. The number of benzene rings is 2. The van der Waals surface area contributed by atoms with Crippen molar-refractivity contribution >= 4 is 11.6 Å². The summed E-state index contributed by atoms with van der Waals surface area (Å²) in [6, 6.07) is 12.0. The molecule has 0 radical (unpaired) electrons. The quantitative estimate of drug-likeness (QED) is 0.811. The Morgan fingerprint density at radius 1 is 1.16 bits per heavy atom. The molecule has 1 heterocycles. The van der Waals surface area contributed by atoms with E-state index in [0.717, 1.165) is 47.1 Å². The number of rotatable bonds is 2. The lowest BCUT2D eigenvalue weighted by molar-refractivity contribution is 0.288. The van der Waals surface area contributed by atoms with Crippen LogP contribution in [0.1, 0.15) is 12.0 Å². The predicted molar refractivity (Wildman–Crippen MR) is 77.3 cm³/mol. The first kappa shape index (κ1) is 12.4. The van der Waals surface area contributed by atoms with E-state index in [9.17, 15) is 0 Å². The van der Waals surface area contributed by atoms with E-state index in [-0.39, 0.29) is 0 Å². The second kappa shape index (κ2) is 5.14. The lowest BCUT2D eigenvalue weighted by atomic mass is 9.99. The molecule has 3 rings (SSSR count). The van der Waals surface area contributed by atoms with Gasteiger partial charge in [-0.3, -0.25) is 0 Å². The smallest absolute Gasteiger partial charge is 0.123 e. The highest BCUT2D eigenvalue weighted by molar-refractivity contribution is 6.33. The van der Waals surface area contributed by atoms with Crippen molar-refractivity contribution in [2.24, 2.45) is 0 Å². The van der Waals surface area contributed by atoms with E-state index >= 15 is 0 Å². The van der Waals surface area contributed by atoms with Gasteiger partial charge >= 0.3 is 0 Å². The molecule has 0 fully saturated rings. The Morgan fingerprint density at radius 3 is 2.89 bits per heavy atom. The van der Waals surface area contributed by atoms with Crippen LogP contribution >= 0.6 is 11.6 Å². The summed E-state index contributed by atoms with van der Waals surface area (Å²) in [7, 11) is 1.66. The predicted octanol–water partition coefficient (Wildman–Crippen LogP) is 4.34. The average molecular weight is 275 g/mol. The summed E-state index contributed by atoms with van der Waals surface area (Å²) in [6.45, 7) is 0.794. The van der Waals surface area contributed by atoms with Crippen molar-refractivity contribution < 1.29 is 9.47 Å². The Hall–Kier alpha value is -1.67. The van der Waals surface area contributed by atoms with Gasteiger partial charge in [0, 0.05) is 10.6 Å². The molecule has 0 aromatic heterocycles. The summed E-state index contributed by atoms with van der Waals surface area (Å²) in [6.07, 6.45) is 2.17. The molecule has 1 aliphatic heterocycles. The van der Waals surface area contributed by atoms with Gasteiger partial charge in [0.25, 0.3) is 0 Å². The largest absolute Gasteiger partial charge is 0.497 e. The zero-order chi connectivity index (χ0) is 13.2. The minimum Gasteiger partial charge on any atom is -0.497 e. The van der Waals surface area contributed by atoms with E-state index in [0.29, 0.717) is 0 Å². The maximum absolute atomic E-state index is 6.27. The topological polar surface area (TPSA) is 18.5 Å². The number of methoxy groups -OCH3 is 1. The fourth-order valence-electron chi connectivity index (χ4n) is 2.36. The second-order valence-corrected chi connectivity index (χ2v) is 5.03. The van der Waals surface area contributed by atoms with Crippen LogP contribution in [0.2, 0.25) is 5.02 Å². The van der Waals surface area contributed by atoms with Gasteiger partial charge < -0.3 is 9.47 Å². The maximum Gasteiger partial charge on any atom is 0.123 e. The molecule has 1 aliphatic rings. The number of hydrogen-bond acceptors (Lipinski definition) is 2. The second-order valence-electron chi connectivity index (χ2n) is 4.62. The molecule has 98 valence electrons. The number of aryl methyl sites for hydroxylation is 1. The molecule has 0 aliphatic carbocycles. The van der Waals surface area contributed by atoms with Gasteiger partial charge in [-0.2, -0.15) is 0 Å². The van der Waals surface area contributed by atoms with Crippen molar-refractivity contribution in [3.8, 4) is 22.6 Å². The number of halogens is 1.